The molecule has 1 N–H and O–H groups in total. The fourth-order valence-corrected chi connectivity index (χ4v) is 3.96. The van der Waals surface area contributed by atoms with Gasteiger partial charge in [-0.1, -0.05) is 65.7 Å². The van der Waals surface area contributed by atoms with Crippen LogP contribution in [0.4, 0.5) is 0 Å². The highest BCUT2D eigenvalue weighted by atomic mass is 32.1. The molecule has 1 heterocycles. The number of aromatic nitrogens is 2. The third-order valence-corrected chi connectivity index (χ3v) is 5.93. The molecule has 0 radical (unpaired) electrons. The minimum Gasteiger partial charge on any atom is -0.494 e. The first kappa shape index (κ1) is 22.4. The Balaban J connectivity index is 1.94. The summed E-state index contributed by atoms with van der Waals surface area (Å²) < 4.78 is 3.12. The monoisotopic (exact) mass is 455 g/mol. The van der Waals surface area contributed by atoms with E-state index in [1.165, 1.54) is 15.3 Å². The Hall–Kier alpha value is -3.77. The maximum Gasteiger partial charge on any atom is 0.271 e. The van der Waals surface area contributed by atoms with Crippen molar-refractivity contribution in [1.29, 1.82) is 0 Å². The number of aryl methyl sites for hydroxylation is 2. The van der Waals surface area contributed by atoms with Crippen LogP contribution in [0.15, 0.2) is 88.6 Å². The molecular weight excluding hydrogens is 430 g/mol. The van der Waals surface area contributed by atoms with Crippen molar-refractivity contribution >= 4 is 18.4 Å². The molecule has 33 heavy (non-hydrogen) atoms. The van der Waals surface area contributed by atoms with Crippen molar-refractivity contribution in [1.82, 2.24) is 9.13 Å². The van der Waals surface area contributed by atoms with Crippen LogP contribution in [-0.4, -0.2) is 20.5 Å². The van der Waals surface area contributed by atoms with Crippen molar-refractivity contribution in [3.63, 3.8) is 0 Å². The van der Waals surface area contributed by atoms with Gasteiger partial charge < -0.3 is 5.11 Å². The van der Waals surface area contributed by atoms with Crippen LogP contribution < -0.4 is 5.56 Å². The third kappa shape index (κ3) is 4.56. The van der Waals surface area contributed by atoms with Gasteiger partial charge in [0.05, 0.1) is 17.4 Å². The van der Waals surface area contributed by atoms with E-state index in [4.69, 9.17) is 12.2 Å². The molecule has 0 aliphatic rings. The van der Waals surface area contributed by atoms with Crippen molar-refractivity contribution in [3.05, 3.63) is 116 Å². The number of benzene rings is 3. The average molecular weight is 456 g/mol. The summed E-state index contributed by atoms with van der Waals surface area (Å²) in [5, 5.41) is 11.2. The first-order valence-electron chi connectivity index (χ1n) is 10.7. The van der Waals surface area contributed by atoms with Gasteiger partial charge in [-0.25, -0.2) is 0 Å². The Morgan fingerprint density at radius 3 is 1.91 bits per heavy atom. The molecule has 4 aromatic rings. The molecule has 5 nitrogen and oxygen atoms in total. The summed E-state index contributed by atoms with van der Waals surface area (Å²) in [5.74, 6) is -0.235. The quantitative estimate of drug-likeness (QED) is 0.303. The van der Waals surface area contributed by atoms with Crippen LogP contribution >= 0.6 is 12.2 Å². The normalized spacial score (nSPS) is 12.2. The number of rotatable bonds is 5. The second-order valence-corrected chi connectivity index (χ2v) is 8.40. The molecule has 0 bridgehead atoms. The van der Waals surface area contributed by atoms with Crippen LogP contribution in [0, 0.1) is 18.6 Å². The molecule has 166 valence electrons. The number of aliphatic imine (C=N–C) groups is 1. The lowest BCUT2D eigenvalue weighted by Gasteiger charge is -2.17. The Labute approximate surface area is 197 Å². The molecule has 1 aromatic heterocycles. The lowest BCUT2D eigenvalue weighted by Crippen LogP contribution is -2.27. The number of hydrogen-bond acceptors (Lipinski definition) is 4. The lowest BCUT2D eigenvalue weighted by atomic mass is 10.1. The molecule has 0 aliphatic heterocycles. The standard InChI is InChI=1S/C27H25N3O2S/c1-18-9-13-22(14-10-18)29-25(31)24(17-28-20(3)21-7-5-4-6-8-21)26(32)30(27(29)33)23-15-11-19(2)12-16-23/h4-17,20,31H,1-3H3. The molecule has 0 amide bonds. The van der Waals surface area contributed by atoms with Crippen LogP contribution in [0.2, 0.25) is 0 Å². The third-order valence-electron chi connectivity index (χ3n) is 5.56. The second-order valence-electron chi connectivity index (χ2n) is 8.03. The van der Waals surface area contributed by atoms with Gasteiger partial charge in [-0.3, -0.25) is 18.9 Å². The van der Waals surface area contributed by atoms with Crippen LogP contribution in [0.3, 0.4) is 0 Å². The Morgan fingerprint density at radius 1 is 0.848 bits per heavy atom. The first-order chi connectivity index (χ1) is 15.9. The molecule has 4 rings (SSSR count). The molecule has 1 atom stereocenters. The van der Waals surface area contributed by atoms with Gasteiger partial charge in [0.1, 0.15) is 5.56 Å². The first-order valence-corrected chi connectivity index (χ1v) is 11.1. The van der Waals surface area contributed by atoms with Crippen LogP contribution in [0.5, 0.6) is 5.88 Å². The van der Waals surface area contributed by atoms with Crippen LogP contribution in [0.25, 0.3) is 11.4 Å². The predicted molar refractivity (Wildman–Crippen MR) is 136 cm³/mol. The number of nitrogens with zero attached hydrogens (tertiary/aromatic N) is 3. The van der Waals surface area contributed by atoms with Gasteiger partial charge in [0, 0.05) is 6.21 Å². The molecule has 0 saturated carbocycles. The summed E-state index contributed by atoms with van der Waals surface area (Å²) in [6.45, 7) is 5.91. The number of aromatic hydroxyl groups is 1. The maximum absolute atomic E-state index is 13.5. The van der Waals surface area contributed by atoms with Gasteiger partial charge in [0.25, 0.3) is 5.56 Å². The summed E-state index contributed by atoms with van der Waals surface area (Å²) in [6, 6.07) is 24.7. The summed E-state index contributed by atoms with van der Waals surface area (Å²) in [4.78, 5) is 18.1. The van der Waals surface area contributed by atoms with Gasteiger partial charge in [-0.2, -0.15) is 0 Å². The zero-order chi connectivity index (χ0) is 23.5. The van der Waals surface area contributed by atoms with Crippen LogP contribution in [0.1, 0.15) is 35.2 Å². The topological polar surface area (TPSA) is 59.5 Å². The fraction of sp³-hybridized carbons (Fsp3) is 0.148. The van der Waals surface area contributed by atoms with Crippen molar-refractivity contribution in [3.8, 4) is 17.3 Å². The largest absolute Gasteiger partial charge is 0.494 e. The summed E-state index contributed by atoms with van der Waals surface area (Å²) >= 11 is 5.69. The van der Waals surface area contributed by atoms with Crippen molar-refractivity contribution in [2.45, 2.75) is 26.8 Å². The zero-order valence-corrected chi connectivity index (χ0v) is 19.6. The molecule has 0 saturated heterocycles. The zero-order valence-electron chi connectivity index (χ0n) is 18.8. The Bertz CT molecular complexity index is 1420. The van der Waals surface area contributed by atoms with Crippen molar-refractivity contribution < 1.29 is 5.11 Å². The average Bonchev–Trinajstić information content (AvgIpc) is 2.82. The molecular formula is C27H25N3O2S. The fourth-order valence-electron chi connectivity index (χ4n) is 3.58. The van der Waals surface area contributed by atoms with Crippen molar-refractivity contribution in [2.75, 3.05) is 0 Å². The Morgan fingerprint density at radius 2 is 1.36 bits per heavy atom. The highest BCUT2D eigenvalue weighted by molar-refractivity contribution is 7.71. The predicted octanol–water partition coefficient (Wildman–Crippen LogP) is 5.86. The van der Waals surface area contributed by atoms with E-state index >= 15 is 0 Å². The molecule has 0 fully saturated rings. The molecule has 0 spiro atoms. The summed E-state index contributed by atoms with van der Waals surface area (Å²) in [5.41, 5.74) is 4.10. The van der Waals surface area contributed by atoms with E-state index in [-0.39, 0.29) is 22.3 Å². The number of hydrogen-bond donors (Lipinski definition) is 1. The SMILES string of the molecule is Cc1ccc(-n2c(O)c(C=NC(C)c3ccccc3)c(=O)n(-c3ccc(C)cc3)c2=S)cc1. The highest BCUT2D eigenvalue weighted by Crippen LogP contribution is 2.23. The van der Waals surface area contributed by atoms with Crippen molar-refractivity contribution in [2.24, 2.45) is 4.99 Å². The van der Waals surface area contributed by atoms with Gasteiger partial charge in [-0.15, -0.1) is 0 Å². The lowest BCUT2D eigenvalue weighted by molar-refractivity contribution is 0.430. The van der Waals surface area contributed by atoms with Crippen LogP contribution in [-0.2, 0) is 0 Å². The molecule has 3 aromatic carbocycles. The smallest absolute Gasteiger partial charge is 0.271 e. The van der Waals surface area contributed by atoms with E-state index in [0.29, 0.717) is 11.4 Å². The van der Waals surface area contributed by atoms with Gasteiger partial charge >= 0.3 is 0 Å². The Kier molecular flexibility index (Phi) is 6.38. The van der Waals surface area contributed by atoms with E-state index in [0.717, 1.165) is 16.7 Å². The van der Waals surface area contributed by atoms with E-state index in [2.05, 4.69) is 4.99 Å². The minimum absolute atomic E-state index is 0.0764. The van der Waals surface area contributed by atoms with Gasteiger partial charge in [-0.05, 0) is 62.8 Å². The van der Waals surface area contributed by atoms with E-state index < -0.39 is 5.56 Å². The van der Waals surface area contributed by atoms with Gasteiger partial charge in [0.15, 0.2) is 4.77 Å². The maximum atomic E-state index is 13.5. The van der Waals surface area contributed by atoms with Gasteiger partial charge in [0.2, 0.25) is 5.88 Å². The minimum atomic E-state index is -0.422. The molecule has 1 unspecified atom stereocenters. The van der Waals surface area contributed by atoms with E-state index in [9.17, 15) is 9.90 Å². The summed E-state index contributed by atoms with van der Waals surface area (Å²) in [6.07, 6.45) is 1.44. The summed E-state index contributed by atoms with van der Waals surface area (Å²) in [7, 11) is 0. The second kappa shape index (κ2) is 9.38. The van der Waals surface area contributed by atoms with E-state index in [1.807, 2.05) is 99.6 Å². The highest BCUT2D eigenvalue weighted by Gasteiger charge is 2.18. The van der Waals surface area contributed by atoms with E-state index in [1.54, 1.807) is 0 Å². The molecule has 6 heteroatoms. The molecule has 0 aliphatic carbocycles.